The van der Waals surface area contributed by atoms with Crippen molar-refractivity contribution in [1.82, 2.24) is 5.48 Å². The van der Waals surface area contributed by atoms with Crippen molar-refractivity contribution in [2.45, 2.75) is 50.8 Å². The van der Waals surface area contributed by atoms with Crippen LogP contribution >= 0.6 is 0 Å². The maximum absolute atomic E-state index is 13.9. The normalized spacial score (nSPS) is 15.9. The molecule has 6 nitrogen and oxygen atoms in total. The number of rotatable bonds is 10. The van der Waals surface area contributed by atoms with Crippen molar-refractivity contribution in [2.75, 3.05) is 0 Å². The van der Waals surface area contributed by atoms with E-state index in [4.69, 9.17) is 10.9 Å². The maximum Gasteiger partial charge on any atom is 0.254 e. The number of primary amides is 1. The minimum absolute atomic E-state index is 0.0598. The molecule has 0 saturated carbocycles. The van der Waals surface area contributed by atoms with Crippen molar-refractivity contribution >= 4 is 11.8 Å². The van der Waals surface area contributed by atoms with Gasteiger partial charge in [-0.25, -0.2) is 14.3 Å². The van der Waals surface area contributed by atoms with Gasteiger partial charge in [-0.1, -0.05) is 18.2 Å². The van der Waals surface area contributed by atoms with E-state index in [1.807, 2.05) is 0 Å². The van der Waals surface area contributed by atoms with E-state index in [0.717, 1.165) is 6.92 Å². The van der Waals surface area contributed by atoms with E-state index >= 15 is 0 Å². The molecule has 0 bridgehead atoms. The molecule has 1 aromatic rings. The SMILES string of the molecule is CC(F)(CCC(CC(O)CCc1ccccc1F)C(=O)NO)C(N)=O. The molecule has 8 heteroatoms. The van der Waals surface area contributed by atoms with Crippen LogP contribution in [-0.4, -0.2) is 33.9 Å². The number of aryl methyl sites for hydroxylation is 1. The number of benzene rings is 1. The standard InChI is InChI=1S/C17H24F2N2O4/c1-17(19,16(20)24)9-8-12(15(23)21-25)10-13(22)7-6-11-4-2-3-5-14(11)18/h2-5,12-13,22,25H,6-10H2,1H3,(H2,20,24)(H,21,23). The fraction of sp³-hybridized carbons (Fsp3) is 0.529. The third-order valence-corrected chi connectivity index (χ3v) is 4.22. The zero-order chi connectivity index (χ0) is 19.0. The molecule has 3 unspecified atom stereocenters. The van der Waals surface area contributed by atoms with Crippen LogP contribution in [0.4, 0.5) is 8.78 Å². The monoisotopic (exact) mass is 358 g/mol. The molecule has 3 atom stereocenters. The van der Waals surface area contributed by atoms with Crippen molar-refractivity contribution in [2.24, 2.45) is 11.7 Å². The fourth-order valence-corrected chi connectivity index (χ4v) is 2.49. The highest BCUT2D eigenvalue weighted by atomic mass is 19.1. The molecule has 1 rings (SSSR count). The van der Waals surface area contributed by atoms with Crippen LogP contribution in [0.2, 0.25) is 0 Å². The number of nitrogens with two attached hydrogens (primary N) is 1. The molecular weight excluding hydrogens is 334 g/mol. The molecule has 0 aliphatic carbocycles. The first-order chi connectivity index (χ1) is 11.7. The van der Waals surface area contributed by atoms with Gasteiger partial charge in [0.2, 0.25) is 5.91 Å². The molecule has 25 heavy (non-hydrogen) atoms. The largest absolute Gasteiger partial charge is 0.393 e. The van der Waals surface area contributed by atoms with E-state index in [0.29, 0.717) is 5.56 Å². The Kier molecular flexibility index (Phi) is 7.92. The van der Waals surface area contributed by atoms with Crippen LogP contribution in [0.5, 0.6) is 0 Å². The summed E-state index contributed by atoms with van der Waals surface area (Å²) >= 11 is 0. The van der Waals surface area contributed by atoms with Gasteiger partial charge in [-0.3, -0.25) is 14.8 Å². The van der Waals surface area contributed by atoms with Gasteiger partial charge in [-0.05, 0) is 50.7 Å². The molecule has 0 fully saturated rings. The van der Waals surface area contributed by atoms with Gasteiger partial charge in [-0.2, -0.15) is 0 Å². The molecule has 0 saturated heterocycles. The van der Waals surface area contributed by atoms with Crippen LogP contribution in [0.25, 0.3) is 0 Å². The molecule has 2 amide bonds. The maximum atomic E-state index is 13.9. The summed E-state index contributed by atoms with van der Waals surface area (Å²) in [5.74, 6) is -3.22. The lowest BCUT2D eigenvalue weighted by molar-refractivity contribution is -0.136. The zero-order valence-corrected chi connectivity index (χ0v) is 14.0. The number of carbonyl (C=O) groups excluding carboxylic acids is 2. The van der Waals surface area contributed by atoms with Crippen LogP contribution in [-0.2, 0) is 16.0 Å². The number of amides is 2. The van der Waals surface area contributed by atoms with E-state index in [2.05, 4.69) is 0 Å². The van der Waals surface area contributed by atoms with E-state index in [1.54, 1.807) is 18.2 Å². The summed E-state index contributed by atoms with van der Waals surface area (Å²) in [6.07, 6.45) is -0.960. The minimum Gasteiger partial charge on any atom is -0.393 e. The molecular formula is C17H24F2N2O4. The molecule has 0 heterocycles. The number of hydrogen-bond acceptors (Lipinski definition) is 4. The van der Waals surface area contributed by atoms with Crippen molar-refractivity contribution in [3.8, 4) is 0 Å². The molecule has 0 aromatic heterocycles. The molecule has 1 aromatic carbocycles. The number of hydroxylamine groups is 1. The van der Waals surface area contributed by atoms with Crippen LogP contribution < -0.4 is 11.2 Å². The van der Waals surface area contributed by atoms with Crippen LogP contribution in [0.1, 0.15) is 38.2 Å². The summed E-state index contributed by atoms with van der Waals surface area (Å²) in [6, 6.07) is 6.15. The van der Waals surface area contributed by atoms with Gasteiger partial charge in [0.05, 0.1) is 6.10 Å². The van der Waals surface area contributed by atoms with E-state index < -0.39 is 29.5 Å². The van der Waals surface area contributed by atoms with Gasteiger partial charge in [0.15, 0.2) is 5.67 Å². The number of nitrogens with one attached hydrogen (secondary N) is 1. The fourth-order valence-electron chi connectivity index (χ4n) is 2.49. The van der Waals surface area contributed by atoms with Crippen molar-refractivity contribution in [3.63, 3.8) is 0 Å². The lowest BCUT2D eigenvalue weighted by atomic mass is 9.89. The highest BCUT2D eigenvalue weighted by Gasteiger charge is 2.33. The topological polar surface area (TPSA) is 113 Å². The number of hydrogen-bond donors (Lipinski definition) is 4. The second-order valence-electron chi connectivity index (χ2n) is 6.29. The zero-order valence-electron chi connectivity index (χ0n) is 14.0. The minimum atomic E-state index is -2.29. The summed E-state index contributed by atoms with van der Waals surface area (Å²) in [7, 11) is 0. The number of alkyl halides is 1. The number of aliphatic hydroxyl groups is 1. The van der Waals surface area contributed by atoms with Gasteiger partial charge in [0.1, 0.15) is 5.82 Å². The van der Waals surface area contributed by atoms with Crippen LogP contribution in [0.3, 0.4) is 0 Å². The third kappa shape index (κ3) is 6.75. The average Bonchev–Trinajstić information content (AvgIpc) is 2.57. The lowest BCUT2D eigenvalue weighted by Crippen LogP contribution is -2.38. The van der Waals surface area contributed by atoms with Gasteiger partial charge >= 0.3 is 0 Å². The van der Waals surface area contributed by atoms with Crippen molar-refractivity contribution in [3.05, 3.63) is 35.6 Å². The Bertz CT molecular complexity index is 596. The Morgan fingerprint density at radius 3 is 2.52 bits per heavy atom. The first-order valence-corrected chi connectivity index (χ1v) is 8.01. The molecule has 0 spiro atoms. The molecule has 140 valence electrons. The van der Waals surface area contributed by atoms with Crippen molar-refractivity contribution < 1.29 is 28.7 Å². The second kappa shape index (κ2) is 9.43. The summed E-state index contributed by atoms with van der Waals surface area (Å²) in [4.78, 5) is 22.7. The van der Waals surface area contributed by atoms with Gasteiger partial charge in [0.25, 0.3) is 5.91 Å². The van der Waals surface area contributed by atoms with Gasteiger partial charge in [-0.15, -0.1) is 0 Å². The molecule has 0 radical (unpaired) electrons. The quantitative estimate of drug-likeness (QED) is 0.376. The van der Waals surface area contributed by atoms with Crippen LogP contribution in [0, 0.1) is 11.7 Å². The second-order valence-corrected chi connectivity index (χ2v) is 6.29. The number of carbonyl (C=O) groups is 2. The van der Waals surface area contributed by atoms with E-state index in [-0.39, 0.29) is 37.9 Å². The predicted octanol–water partition coefficient (Wildman–Crippen LogP) is 1.62. The van der Waals surface area contributed by atoms with Crippen molar-refractivity contribution in [1.29, 1.82) is 0 Å². The Morgan fingerprint density at radius 2 is 1.96 bits per heavy atom. The summed E-state index contributed by atoms with van der Waals surface area (Å²) < 4.78 is 27.5. The first-order valence-electron chi connectivity index (χ1n) is 8.01. The lowest BCUT2D eigenvalue weighted by Gasteiger charge is -2.22. The smallest absolute Gasteiger partial charge is 0.254 e. The Balaban J connectivity index is 2.60. The Morgan fingerprint density at radius 1 is 1.32 bits per heavy atom. The number of aliphatic hydroxyl groups excluding tert-OH is 1. The summed E-state index contributed by atoms with van der Waals surface area (Å²) in [5.41, 5.74) is 4.57. The highest BCUT2D eigenvalue weighted by molar-refractivity contribution is 5.83. The highest BCUT2D eigenvalue weighted by Crippen LogP contribution is 2.24. The molecule has 0 aliphatic rings. The Labute approximate surface area is 145 Å². The molecule has 0 aliphatic heterocycles. The van der Waals surface area contributed by atoms with Crippen LogP contribution in [0.15, 0.2) is 24.3 Å². The number of halogens is 2. The molecule has 5 N–H and O–H groups in total. The third-order valence-electron chi connectivity index (χ3n) is 4.22. The Hall–Kier alpha value is -2.06. The summed E-state index contributed by atoms with van der Waals surface area (Å²) in [5, 5.41) is 18.9. The van der Waals surface area contributed by atoms with Gasteiger partial charge < -0.3 is 10.8 Å². The summed E-state index contributed by atoms with van der Waals surface area (Å²) in [6.45, 7) is 1.01. The first kappa shape index (κ1) is 21.0. The van der Waals surface area contributed by atoms with Gasteiger partial charge in [0, 0.05) is 5.92 Å². The predicted molar refractivity (Wildman–Crippen MR) is 86.7 cm³/mol. The average molecular weight is 358 g/mol. The van der Waals surface area contributed by atoms with E-state index in [1.165, 1.54) is 11.5 Å². The van der Waals surface area contributed by atoms with E-state index in [9.17, 15) is 23.5 Å².